The van der Waals surface area contributed by atoms with Gasteiger partial charge in [0, 0.05) is 5.69 Å². The third-order valence-electron chi connectivity index (χ3n) is 4.76. The lowest BCUT2D eigenvalue weighted by molar-refractivity contribution is 0.262. The van der Waals surface area contributed by atoms with Crippen LogP contribution in [0.4, 0.5) is 16.2 Å². The van der Waals surface area contributed by atoms with E-state index in [2.05, 4.69) is 15.6 Å². The molecule has 2 amide bonds. The average Bonchev–Trinajstić information content (AvgIpc) is 2.76. The first-order valence-electron chi connectivity index (χ1n) is 9.95. The Morgan fingerprint density at radius 1 is 0.968 bits per heavy atom. The molecular formula is C24H22N4O3. The molecule has 1 aromatic heterocycles. The molecule has 31 heavy (non-hydrogen) atoms. The third kappa shape index (κ3) is 4.25. The number of nitrogens with zero attached hydrogens (tertiary/aromatic N) is 2. The maximum atomic E-state index is 12.9. The van der Waals surface area contributed by atoms with Gasteiger partial charge in [0.15, 0.2) is 0 Å². The number of benzene rings is 3. The van der Waals surface area contributed by atoms with Crippen molar-refractivity contribution < 1.29 is 9.53 Å². The Labute approximate surface area is 179 Å². The highest BCUT2D eigenvalue weighted by molar-refractivity contribution is 6.00. The van der Waals surface area contributed by atoms with E-state index < -0.39 is 0 Å². The lowest BCUT2D eigenvalue weighted by Gasteiger charge is -2.13. The van der Waals surface area contributed by atoms with Crippen molar-refractivity contribution in [3.63, 3.8) is 0 Å². The van der Waals surface area contributed by atoms with Gasteiger partial charge in [-0.3, -0.25) is 9.36 Å². The van der Waals surface area contributed by atoms with Crippen LogP contribution in [0.3, 0.4) is 0 Å². The van der Waals surface area contributed by atoms with E-state index in [-0.39, 0.29) is 11.6 Å². The van der Waals surface area contributed by atoms with Crippen molar-refractivity contribution in [1.29, 1.82) is 0 Å². The minimum Gasteiger partial charge on any atom is -0.492 e. The first-order chi connectivity index (χ1) is 15.1. The normalized spacial score (nSPS) is 10.6. The van der Waals surface area contributed by atoms with Crippen LogP contribution in [-0.4, -0.2) is 22.2 Å². The third-order valence-corrected chi connectivity index (χ3v) is 4.76. The maximum Gasteiger partial charge on any atom is 0.323 e. The van der Waals surface area contributed by atoms with Gasteiger partial charge in [0.1, 0.15) is 11.6 Å². The zero-order chi connectivity index (χ0) is 21.8. The number of amides is 2. The van der Waals surface area contributed by atoms with E-state index in [1.165, 1.54) is 0 Å². The van der Waals surface area contributed by atoms with Crippen LogP contribution in [0.5, 0.6) is 5.75 Å². The van der Waals surface area contributed by atoms with Gasteiger partial charge in [-0.2, -0.15) is 0 Å². The van der Waals surface area contributed by atoms with Gasteiger partial charge in [-0.1, -0.05) is 24.3 Å². The van der Waals surface area contributed by atoms with Crippen LogP contribution >= 0.6 is 0 Å². The lowest BCUT2D eigenvalue weighted by Crippen LogP contribution is -2.22. The highest BCUT2D eigenvalue weighted by Gasteiger charge is 2.11. The molecule has 0 fully saturated rings. The molecule has 4 aromatic rings. The van der Waals surface area contributed by atoms with Crippen molar-refractivity contribution in [3.8, 4) is 11.4 Å². The number of rotatable bonds is 5. The van der Waals surface area contributed by atoms with Crippen molar-refractivity contribution in [2.45, 2.75) is 13.8 Å². The molecule has 7 nitrogen and oxygen atoms in total. The fourth-order valence-corrected chi connectivity index (χ4v) is 3.38. The summed E-state index contributed by atoms with van der Waals surface area (Å²) in [4.78, 5) is 29.9. The van der Waals surface area contributed by atoms with Crippen molar-refractivity contribution in [3.05, 3.63) is 89.0 Å². The summed E-state index contributed by atoms with van der Waals surface area (Å²) in [5.41, 5.74) is 2.39. The quantitative estimate of drug-likeness (QED) is 0.494. The summed E-state index contributed by atoms with van der Waals surface area (Å²) in [5.74, 6) is 1.20. The van der Waals surface area contributed by atoms with Gasteiger partial charge >= 0.3 is 6.03 Å². The van der Waals surface area contributed by atoms with E-state index in [1.54, 1.807) is 54.0 Å². The number of fused-ring (bicyclic) bond motifs is 1. The first-order valence-corrected chi connectivity index (χ1v) is 9.95. The maximum absolute atomic E-state index is 12.9. The summed E-state index contributed by atoms with van der Waals surface area (Å²) in [6.07, 6.45) is 0. The van der Waals surface area contributed by atoms with Crippen LogP contribution in [0.2, 0.25) is 0 Å². The van der Waals surface area contributed by atoms with E-state index in [0.29, 0.717) is 46.1 Å². The molecular weight excluding hydrogens is 392 g/mol. The number of hydrogen-bond donors (Lipinski definition) is 2. The van der Waals surface area contributed by atoms with Crippen LogP contribution in [0.1, 0.15) is 12.7 Å². The number of carbonyl (C=O) groups excluding carboxylic acids is 1. The second-order valence-corrected chi connectivity index (χ2v) is 6.87. The molecule has 0 bridgehead atoms. The Bertz CT molecular complexity index is 1300. The minimum absolute atomic E-state index is 0.130. The summed E-state index contributed by atoms with van der Waals surface area (Å²) in [5, 5.41) is 6.13. The van der Waals surface area contributed by atoms with Gasteiger partial charge < -0.3 is 15.4 Å². The molecule has 0 atom stereocenters. The number of carbonyl (C=O) groups is 1. The monoisotopic (exact) mass is 414 g/mol. The second-order valence-electron chi connectivity index (χ2n) is 6.87. The van der Waals surface area contributed by atoms with Gasteiger partial charge in [0.05, 0.1) is 28.9 Å². The van der Waals surface area contributed by atoms with E-state index in [4.69, 9.17) is 4.74 Å². The van der Waals surface area contributed by atoms with Crippen molar-refractivity contribution >= 4 is 28.3 Å². The van der Waals surface area contributed by atoms with E-state index >= 15 is 0 Å². The molecule has 7 heteroatoms. The number of ether oxygens (including phenoxy) is 1. The number of urea groups is 1. The van der Waals surface area contributed by atoms with Gasteiger partial charge in [-0.15, -0.1) is 0 Å². The molecule has 3 aromatic carbocycles. The highest BCUT2D eigenvalue weighted by atomic mass is 16.5. The van der Waals surface area contributed by atoms with Crippen LogP contribution in [0.25, 0.3) is 16.6 Å². The summed E-state index contributed by atoms with van der Waals surface area (Å²) < 4.78 is 7.08. The molecule has 0 aliphatic rings. The number of para-hydroxylation sites is 3. The predicted molar refractivity (Wildman–Crippen MR) is 122 cm³/mol. The van der Waals surface area contributed by atoms with Crippen LogP contribution in [-0.2, 0) is 0 Å². The SMILES string of the molecule is CCOc1ccccc1NC(=O)Nc1ccc(-n2c(C)nc3ccccc3c2=O)cc1. The predicted octanol–water partition coefficient (Wildman–Crippen LogP) is 4.74. The fraction of sp³-hybridized carbons (Fsp3) is 0.125. The number of aryl methyl sites for hydroxylation is 1. The Morgan fingerprint density at radius 2 is 1.68 bits per heavy atom. The van der Waals surface area contributed by atoms with Gasteiger partial charge in [-0.25, -0.2) is 9.78 Å². The minimum atomic E-state index is -0.388. The highest BCUT2D eigenvalue weighted by Crippen LogP contribution is 2.24. The molecule has 0 radical (unpaired) electrons. The van der Waals surface area contributed by atoms with Crippen LogP contribution in [0, 0.1) is 6.92 Å². The first kappa shape index (κ1) is 20.2. The number of anilines is 2. The molecule has 2 N–H and O–H groups in total. The van der Waals surface area contributed by atoms with E-state index in [1.807, 2.05) is 37.3 Å². The smallest absolute Gasteiger partial charge is 0.323 e. The molecule has 0 saturated heterocycles. The summed E-state index contributed by atoms with van der Waals surface area (Å²) in [7, 11) is 0. The number of nitrogens with one attached hydrogen (secondary N) is 2. The standard InChI is InChI=1S/C24H22N4O3/c1-3-31-22-11-7-6-10-21(22)27-24(30)26-17-12-14-18(15-13-17)28-16(2)25-20-9-5-4-8-19(20)23(28)29/h4-15H,3H2,1-2H3,(H2,26,27,30). The zero-order valence-corrected chi connectivity index (χ0v) is 17.3. The second kappa shape index (κ2) is 8.71. The van der Waals surface area contributed by atoms with Crippen molar-refractivity contribution in [2.75, 3.05) is 17.2 Å². The van der Waals surface area contributed by atoms with Gasteiger partial charge in [0.2, 0.25) is 0 Å². The number of hydrogen-bond acceptors (Lipinski definition) is 4. The Hall–Kier alpha value is -4.13. The summed E-state index contributed by atoms with van der Waals surface area (Å²) in [6, 6.07) is 21.1. The van der Waals surface area contributed by atoms with Crippen LogP contribution in [0.15, 0.2) is 77.6 Å². The number of aromatic nitrogens is 2. The van der Waals surface area contributed by atoms with E-state index in [0.717, 1.165) is 0 Å². The molecule has 0 aliphatic carbocycles. The fourth-order valence-electron chi connectivity index (χ4n) is 3.38. The largest absolute Gasteiger partial charge is 0.492 e. The average molecular weight is 414 g/mol. The molecule has 156 valence electrons. The van der Waals surface area contributed by atoms with Gasteiger partial charge in [-0.05, 0) is 62.4 Å². The van der Waals surface area contributed by atoms with Crippen molar-refractivity contribution in [1.82, 2.24) is 9.55 Å². The molecule has 0 saturated carbocycles. The molecule has 0 spiro atoms. The zero-order valence-electron chi connectivity index (χ0n) is 17.3. The van der Waals surface area contributed by atoms with Crippen molar-refractivity contribution in [2.24, 2.45) is 0 Å². The van der Waals surface area contributed by atoms with E-state index in [9.17, 15) is 9.59 Å². The Balaban J connectivity index is 1.54. The Morgan fingerprint density at radius 3 is 2.45 bits per heavy atom. The summed E-state index contributed by atoms with van der Waals surface area (Å²) in [6.45, 7) is 4.18. The van der Waals surface area contributed by atoms with Gasteiger partial charge in [0.25, 0.3) is 5.56 Å². The molecule has 4 rings (SSSR count). The lowest BCUT2D eigenvalue weighted by atomic mass is 10.2. The van der Waals surface area contributed by atoms with Crippen LogP contribution < -0.4 is 20.9 Å². The Kier molecular flexibility index (Phi) is 5.66. The molecule has 1 heterocycles. The topological polar surface area (TPSA) is 85.2 Å². The molecule has 0 unspecified atom stereocenters. The molecule has 0 aliphatic heterocycles. The summed E-state index contributed by atoms with van der Waals surface area (Å²) >= 11 is 0.